The van der Waals surface area contributed by atoms with Crippen molar-refractivity contribution >= 4 is 16.4 Å². The number of hydrogen-bond donors (Lipinski definition) is 0. The zero-order valence-electron chi connectivity index (χ0n) is 16.7. The van der Waals surface area contributed by atoms with Gasteiger partial charge < -0.3 is 24.8 Å². The van der Waals surface area contributed by atoms with E-state index in [2.05, 4.69) is 74.5 Å². The number of fused-ring (bicyclic) bond motifs is 2. The molecule has 0 bridgehead atoms. The quantitative estimate of drug-likeness (QED) is 0.565. The molecule has 2 aromatic carbocycles. The summed E-state index contributed by atoms with van der Waals surface area (Å²) in [5.41, 5.74) is 9.38. The fourth-order valence-corrected chi connectivity index (χ4v) is 12.4. The Bertz CT molecular complexity index is 837. The first kappa shape index (κ1) is 23.5. The van der Waals surface area contributed by atoms with Gasteiger partial charge in [0.15, 0.2) is 0 Å². The van der Waals surface area contributed by atoms with Gasteiger partial charge in [-0.1, -0.05) is 0 Å². The van der Waals surface area contributed by atoms with Crippen LogP contribution in [0.1, 0.15) is 69.0 Å². The maximum Gasteiger partial charge on any atom is -1.00 e. The van der Waals surface area contributed by atoms with Crippen LogP contribution >= 0.6 is 0 Å². The average molecular weight is 491 g/mol. The van der Waals surface area contributed by atoms with Crippen LogP contribution in [0.3, 0.4) is 0 Å². The Morgan fingerprint density at radius 2 is 1.11 bits per heavy atom. The van der Waals surface area contributed by atoms with Gasteiger partial charge in [0.2, 0.25) is 0 Å². The van der Waals surface area contributed by atoms with Crippen molar-refractivity contribution in [3.05, 3.63) is 81.9 Å². The summed E-state index contributed by atoms with van der Waals surface area (Å²) in [4.78, 5) is 0. The minimum absolute atomic E-state index is 0. The summed E-state index contributed by atoms with van der Waals surface area (Å²) in [7, 11) is 0. The van der Waals surface area contributed by atoms with Crippen LogP contribution in [0.15, 0.2) is 59.7 Å². The Labute approximate surface area is 190 Å². The maximum atomic E-state index is 4.98. The maximum absolute atomic E-state index is 4.98. The van der Waals surface area contributed by atoms with Gasteiger partial charge in [0.25, 0.3) is 0 Å². The van der Waals surface area contributed by atoms with Gasteiger partial charge in [-0.05, 0) is 0 Å². The molecular formula is C25H28Cl2Zr. The third-order valence-electron chi connectivity index (χ3n) is 5.86. The molecule has 0 nitrogen and oxygen atoms in total. The summed E-state index contributed by atoms with van der Waals surface area (Å²) < 4.78 is 6.27. The predicted octanol–water partition coefficient (Wildman–Crippen LogP) is 0.921. The minimum Gasteiger partial charge on any atom is -1.00 e. The monoisotopic (exact) mass is 488 g/mol. The van der Waals surface area contributed by atoms with Crippen molar-refractivity contribution in [3.63, 3.8) is 0 Å². The van der Waals surface area contributed by atoms with E-state index in [-0.39, 0.29) is 24.8 Å². The molecule has 2 aromatic rings. The molecular weight excluding hydrogens is 462 g/mol. The van der Waals surface area contributed by atoms with E-state index in [4.69, 9.17) is 4.21 Å². The van der Waals surface area contributed by atoms with Gasteiger partial charge in [0, 0.05) is 0 Å². The summed E-state index contributed by atoms with van der Waals surface area (Å²) in [5, 5.41) is 0. The first-order valence-electron chi connectivity index (χ1n) is 10.0. The van der Waals surface area contributed by atoms with E-state index in [1.165, 1.54) is 36.8 Å². The molecule has 0 spiro atoms. The molecule has 2 aliphatic rings. The molecule has 3 heteroatoms. The van der Waals surface area contributed by atoms with Crippen LogP contribution in [0.4, 0.5) is 0 Å². The molecule has 2 unspecified atom stereocenters. The molecule has 0 fully saturated rings. The Kier molecular flexibility index (Phi) is 8.68. The molecule has 2 atom stereocenters. The van der Waals surface area contributed by atoms with Crippen LogP contribution in [-0.2, 0) is 21.3 Å². The largest absolute Gasteiger partial charge is 1.00 e. The summed E-state index contributed by atoms with van der Waals surface area (Å²) in [6.07, 6.45) is 9.87. The zero-order valence-corrected chi connectivity index (χ0v) is 20.7. The number of hydrogen-bond acceptors (Lipinski definition) is 0. The van der Waals surface area contributed by atoms with Crippen molar-refractivity contribution in [1.29, 1.82) is 0 Å². The van der Waals surface area contributed by atoms with Gasteiger partial charge in [-0.15, -0.1) is 0 Å². The van der Waals surface area contributed by atoms with E-state index < -0.39 is 21.3 Å². The van der Waals surface area contributed by atoms with E-state index in [1.54, 1.807) is 22.3 Å². The molecule has 2 aliphatic carbocycles. The third kappa shape index (κ3) is 4.23. The minimum atomic E-state index is -2.05. The Morgan fingerprint density at radius 1 is 0.714 bits per heavy atom. The first-order chi connectivity index (χ1) is 12.7. The van der Waals surface area contributed by atoms with Crippen molar-refractivity contribution < 1.29 is 46.1 Å². The number of rotatable bonds is 6. The van der Waals surface area contributed by atoms with Gasteiger partial charge in [-0.2, -0.15) is 0 Å². The fraction of sp³-hybridized carbons (Fsp3) is 0.320. The number of halogens is 2. The zero-order chi connectivity index (χ0) is 18.1. The normalized spacial score (nSPS) is 18.6. The molecule has 0 amide bonds. The van der Waals surface area contributed by atoms with Gasteiger partial charge >= 0.3 is 166 Å². The van der Waals surface area contributed by atoms with E-state index in [0.29, 0.717) is 7.25 Å². The summed E-state index contributed by atoms with van der Waals surface area (Å²) in [6.45, 7) is 4.61. The fourth-order valence-electron chi connectivity index (χ4n) is 4.83. The summed E-state index contributed by atoms with van der Waals surface area (Å²) >= 11 is -2.05. The molecule has 4 rings (SSSR count). The van der Waals surface area contributed by atoms with Gasteiger partial charge in [-0.25, -0.2) is 0 Å². The van der Waals surface area contributed by atoms with Crippen molar-refractivity contribution in [2.24, 2.45) is 0 Å². The standard InChI is InChI=1S/2C12H13.CH2.2ClH.Zr/c2*1-2-5-10-8-11-6-3-4-7-12(11)9-10;;;;/h2*3-4,6-9H,2,5H2,1H3;1H2;2*1H;/q;;;;;+2/p-2. The first-order valence-corrected chi connectivity index (χ1v) is 14.6. The van der Waals surface area contributed by atoms with Crippen LogP contribution in [0.25, 0.3) is 12.2 Å². The van der Waals surface area contributed by atoms with Crippen molar-refractivity contribution in [2.45, 2.75) is 46.8 Å². The van der Waals surface area contributed by atoms with Crippen molar-refractivity contribution in [2.75, 3.05) is 0 Å². The smallest absolute Gasteiger partial charge is 1.00 e. The SMILES string of the molecule is [CH2]=[Zr+2]([CH]1C(CCC)=Cc2ccccc21)[CH]1C(CCC)=Cc2ccccc21.[Cl-].[Cl-]. The second-order valence-corrected chi connectivity index (χ2v) is 13.3. The van der Waals surface area contributed by atoms with E-state index >= 15 is 0 Å². The number of allylic oxidation sites excluding steroid dienone is 2. The molecule has 0 heterocycles. The van der Waals surface area contributed by atoms with E-state index in [9.17, 15) is 0 Å². The second kappa shape index (κ2) is 10.3. The molecule has 0 radical (unpaired) electrons. The Morgan fingerprint density at radius 3 is 1.50 bits per heavy atom. The second-order valence-electron chi connectivity index (χ2n) is 7.64. The van der Waals surface area contributed by atoms with Crippen molar-refractivity contribution in [3.8, 4) is 0 Å². The van der Waals surface area contributed by atoms with Crippen molar-refractivity contribution in [1.82, 2.24) is 0 Å². The average Bonchev–Trinajstić information content (AvgIpc) is 3.19. The van der Waals surface area contributed by atoms with Crippen LogP contribution in [0.5, 0.6) is 0 Å². The third-order valence-corrected chi connectivity index (χ3v) is 12.9. The molecule has 28 heavy (non-hydrogen) atoms. The van der Waals surface area contributed by atoms with Crippen LogP contribution in [-0.4, -0.2) is 4.21 Å². The predicted molar refractivity (Wildman–Crippen MR) is 111 cm³/mol. The Hall–Kier alpha value is -0.747. The summed E-state index contributed by atoms with van der Waals surface area (Å²) in [5.74, 6) is 0. The van der Waals surface area contributed by atoms with Crippen LogP contribution < -0.4 is 24.8 Å². The Balaban J connectivity index is 0.00000140. The molecule has 0 aromatic heterocycles. The number of benzene rings is 2. The van der Waals surface area contributed by atoms with Gasteiger partial charge in [0.1, 0.15) is 0 Å². The topological polar surface area (TPSA) is 0 Å². The molecule has 146 valence electrons. The van der Waals surface area contributed by atoms with E-state index in [1.807, 2.05) is 0 Å². The van der Waals surface area contributed by atoms with E-state index in [0.717, 1.165) is 0 Å². The van der Waals surface area contributed by atoms with Crippen LogP contribution in [0.2, 0.25) is 0 Å². The van der Waals surface area contributed by atoms with Crippen LogP contribution in [0, 0.1) is 0 Å². The molecule has 0 N–H and O–H groups in total. The van der Waals surface area contributed by atoms with Gasteiger partial charge in [-0.3, -0.25) is 0 Å². The molecule has 0 aliphatic heterocycles. The van der Waals surface area contributed by atoms with Gasteiger partial charge in [0.05, 0.1) is 0 Å². The molecule has 0 saturated carbocycles. The summed E-state index contributed by atoms with van der Waals surface area (Å²) in [6, 6.07) is 18.1. The molecule has 0 saturated heterocycles.